The molecule has 5 heteroatoms. The Bertz CT molecular complexity index is 1390. The molecular weight excluding hydrogens is 454 g/mol. The van der Waals surface area contributed by atoms with E-state index < -0.39 is 0 Å². The molecule has 0 N–H and O–H groups in total. The van der Waals surface area contributed by atoms with Crippen LogP contribution in [0.2, 0.25) is 0 Å². The first-order valence-electron chi connectivity index (χ1n) is 9.39. The van der Waals surface area contributed by atoms with E-state index in [1.54, 1.807) is 11.3 Å². The van der Waals surface area contributed by atoms with Gasteiger partial charge in [0.05, 0.1) is 11.0 Å². The maximum Gasteiger partial charge on any atom is 0.263 e. The normalized spacial score (nSPS) is 11.0. The number of para-hydroxylation sites is 3. The number of halogens is 1. The number of rotatable bonds is 4. The molecule has 0 radical (unpaired) electrons. The Balaban J connectivity index is 0.00000218. The second-order valence-corrected chi connectivity index (χ2v) is 7.79. The number of thiazole rings is 1. The van der Waals surface area contributed by atoms with Gasteiger partial charge in [0.2, 0.25) is 12.1 Å². The van der Waals surface area contributed by atoms with Crippen LogP contribution in [0.5, 0.6) is 0 Å². The van der Waals surface area contributed by atoms with Crippen LogP contribution in [0.25, 0.3) is 39.1 Å². The fourth-order valence-corrected chi connectivity index (χ4v) is 4.57. The van der Waals surface area contributed by atoms with Crippen molar-refractivity contribution in [1.82, 2.24) is 9.55 Å². The standard InChI is InChI=1S/C25H18N3S.BrH/c1-2-17-27-23-9-5-6-10-24(23)29-25(27)16-13-19-11-14-20(15-12-19)28-18-26-21-7-3-4-8-22(21)28;/h1,3-16,18H,17H2;1H/q+1;/p-1. The van der Waals surface area contributed by atoms with E-state index in [-0.39, 0.29) is 17.0 Å². The highest BCUT2D eigenvalue weighted by Crippen LogP contribution is 2.23. The van der Waals surface area contributed by atoms with Crippen molar-refractivity contribution in [2.24, 2.45) is 0 Å². The van der Waals surface area contributed by atoms with Gasteiger partial charge in [0.25, 0.3) is 5.01 Å². The van der Waals surface area contributed by atoms with Crippen molar-refractivity contribution < 1.29 is 21.5 Å². The van der Waals surface area contributed by atoms with E-state index in [1.807, 2.05) is 30.6 Å². The number of nitrogens with zero attached hydrogens (tertiary/aromatic N) is 3. The Morgan fingerprint density at radius 1 is 0.967 bits per heavy atom. The van der Waals surface area contributed by atoms with E-state index in [4.69, 9.17) is 6.42 Å². The lowest BCUT2D eigenvalue weighted by atomic mass is 10.2. The van der Waals surface area contributed by atoms with Crippen molar-refractivity contribution in [1.29, 1.82) is 0 Å². The molecule has 0 bridgehead atoms. The van der Waals surface area contributed by atoms with Crippen LogP contribution < -0.4 is 21.5 Å². The van der Waals surface area contributed by atoms with Gasteiger partial charge in [0, 0.05) is 17.8 Å². The molecule has 0 aliphatic heterocycles. The van der Waals surface area contributed by atoms with Crippen LogP contribution in [-0.4, -0.2) is 9.55 Å². The lowest BCUT2D eigenvalue weighted by molar-refractivity contribution is -0.655. The first-order valence-corrected chi connectivity index (χ1v) is 10.2. The minimum Gasteiger partial charge on any atom is -1.00 e. The molecule has 0 saturated heterocycles. The van der Waals surface area contributed by atoms with Crippen molar-refractivity contribution in [2.45, 2.75) is 6.54 Å². The molecule has 0 saturated carbocycles. The third-order valence-electron chi connectivity index (χ3n) is 4.93. The van der Waals surface area contributed by atoms with Gasteiger partial charge in [0.15, 0.2) is 0 Å². The van der Waals surface area contributed by atoms with Gasteiger partial charge in [0.1, 0.15) is 11.0 Å². The van der Waals surface area contributed by atoms with Crippen molar-refractivity contribution >= 4 is 44.7 Å². The average molecular weight is 472 g/mol. The van der Waals surface area contributed by atoms with Gasteiger partial charge in [-0.05, 0) is 47.9 Å². The molecule has 3 aromatic carbocycles. The molecule has 0 atom stereocenters. The highest BCUT2D eigenvalue weighted by Gasteiger charge is 2.16. The van der Waals surface area contributed by atoms with Crippen molar-refractivity contribution in [3.63, 3.8) is 0 Å². The van der Waals surface area contributed by atoms with E-state index in [9.17, 15) is 0 Å². The van der Waals surface area contributed by atoms with Gasteiger partial charge < -0.3 is 17.0 Å². The number of aromatic nitrogens is 3. The highest BCUT2D eigenvalue weighted by molar-refractivity contribution is 7.18. The summed E-state index contributed by atoms with van der Waals surface area (Å²) in [6.07, 6.45) is 11.7. The summed E-state index contributed by atoms with van der Waals surface area (Å²) in [5.74, 6) is 2.77. The average Bonchev–Trinajstić information content (AvgIpc) is 3.35. The topological polar surface area (TPSA) is 21.7 Å². The molecule has 2 heterocycles. The summed E-state index contributed by atoms with van der Waals surface area (Å²) in [4.78, 5) is 4.47. The Morgan fingerprint density at radius 3 is 2.57 bits per heavy atom. The Morgan fingerprint density at radius 2 is 1.73 bits per heavy atom. The lowest BCUT2D eigenvalue weighted by Crippen LogP contribution is -3.00. The number of hydrogen-bond acceptors (Lipinski definition) is 2. The van der Waals surface area contributed by atoms with Gasteiger partial charge in [-0.1, -0.05) is 47.7 Å². The Hall–Kier alpha value is -3.20. The number of terminal acetylenes is 1. The molecule has 30 heavy (non-hydrogen) atoms. The fourth-order valence-electron chi connectivity index (χ4n) is 3.51. The molecule has 0 spiro atoms. The molecular formula is C25H18BrN3S. The molecule has 5 aromatic rings. The van der Waals surface area contributed by atoms with E-state index in [2.05, 4.69) is 80.7 Å². The molecule has 2 aromatic heterocycles. The minimum atomic E-state index is 0. The number of hydrogen-bond donors (Lipinski definition) is 0. The van der Waals surface area contributed by atoms with Crippen LogP contribution in [-0.2, 0) is 6.54 Å². The van der Waals surface area contributed by atoms with Gasteiger partial charge in [-0.2, -0.15) is 4.57 Å². The molecule has 3 nitrogen and oxygen atoms in total. The summed E-state index contributed by atoms with van der Waals surface area (Å²) in [7, 11) is 0. The first kappa shape index (κ1) is 20.1. The van der Waals surface area contributed by atoms with Gasteiger partial charge >= 0.3 is 0 Å². The van der Waals surface area contributed by atoms with E-state index in [0.29, 0.717) is 6.54 Å². The Labute approximate surface area is 189 Å². The first-order chi connectivity index (χ1) is 14.3. The van der Waals surface area contributed by atoms with Crippen LogP contribution in [0, 0.1) is 12.3 Å². The SMILES string of the molecule is C#CC[n+]1c(/C=C/c2ccc(-n3cnc4ccccc43)cc2)sc2ccccc21.[Br-]. The summed E-state index contributed by atoms with van der Waals surface area (Å²) in [6, 6.07) is 25.0. The second kappa shape index (κ2) is 8.66. The fraction of sp³-hybridized carbons (Fsp3) is 0.0400. The Kier molecular flexibility index (Phi) is 5.80. The predicted molar refractivity (Wildman–Crippen MR) is 121 cm³/mol. The molecule has 146 valence electrons. The van der Waals surface area contributed by atoms with Crippen LogP contribution in [0.3, 0.4) is 0 Å². The third kappa shape index (κ3) is 3.68. The highest BCUT2D eigenvalue weighted by atomic mass is 79.9. The van der Waals surface area contributed by atoms with E-state index in [0.717, 1.165) is 27.3 Å². The van der Waals surface area contributed by atoms with Crippen LogP contribution in [0.1, 0.15) is 10.6 Å². The van der Waals surface area contributed by atoms with Crippen molar-refractivity contribution in [3.8, 4) is 18.0 Å². The number of fused-ring (bicyclic) bond motifs is 2. The van der Waals surface area contributed by atoms with Gasteiger partial charge in [-0.3, -0.25) is 4.57 Å². The van der Waals surface area contributed by atoms with Gasteiger partial charge in [-0.25, -0.2) is 4.98 Å². The number of benzene rings is 3. The van der Waals surface area contributed by atoms with E-state index >= 15 is 0 Å². The largest absolute Gasteiger partial charge is 1.00 e. The van der Waals surface area contributed by atoms with Crippen LogP contribution >= 0.6 is 11.3 Å². The zero-order chi connectivity index (χ0) is 19.6. The lowest BCUT2D eigenvalue weighted by Gasteiger charge is -2.04. The third-order valence-corrected chi connectivity index (χ3v) is 6.06. The predicted octanol–water partition coefficient (Wildman–Crippen LogP) is 2.34. The van der Waals surface area contributed by atoms with Crippen LogP contribution in [0.15, 0.2) is 79.1 Å². The molecule has 5 rings (SSSR count). The molecule has 0 amide bonds. The smallest absolute Gasteiger partial charge is 0.263 e. The maximum atomic E-state index is 5.59. The summed E-state index contributed by atoms with van der Waals surface area (Å²) in [5, 5.41) is 1.15. The second-order valence-electron chi connectivity index (χ2n) is 6.73. The summed E-state index contributed by atoms with van der Waals surface area (Å²) < 4.78 is 5.53. The minimum absolute atomic E-state index is 0. The zero-order valence-electron chi connectivity index (χ0n) is 16.1. The quantitative estimate of drug-likeness (QED) is 0.291. The molecule has 0 fully saturated rings. The van der Waals surface area contributed by atoms with Crippen LogP contribution in [0.4, 0.5) is 0 Å². The zero-order valence-corrected chi connectivity index (χ0v) is 18.5. The van der Waals surface area contributed by atoms with Gasteiger partial charge in [-0.15, -0.1) is 6.42 Å². The number of imidazole rings is 1. The van der Waals surface area contributed by atoms with Crippen molar-refractivity contribution in [2.75, 3.05) is 0 Å². The molecule has 0 aliphatic rings. The van der Waals surface area contributed by atoms with E-state index in [1.165, 1.54) is 10.2 Å². The van der Waals surface area contributed by atoms with Crippen molar-refractivity contribution in [3.05, 3.63) is 89.7 Å². The monoisotopic (exact) mass is 471 g/mol. The summed E-state index contributed by atoms with van der Waals surface area (Å²) in [5.41, 5.74) is 5.52. The maximum absolute atomic E-state index is 5.59. The molecule has 0 unspecified atom stereocenters. The summed E-state index contributed by atoms with van der Waals surface area (Å²) >= 11 is 1.75. The summed E-state index contributed by atoms with van der Waals surface area (Å²) in [6.45, 7) is 0.566. The molecule has 0 aliphatic carbocycles.